The van der Waals surface area contributed by atoms with E-state index in [4.69, 9.17) is 4.74 Å². The van der Waals surface area contributed by atoms with E-state index < -0.39 is 0 Å². The molecule has 2 saturated carbocycles. The number of ether oxygens (including phenoxy) is 1. The summed E-state index contributed by atoms with van der Waals surface area (Å²) in [6.07, 6.45) is 5.37. The second-order valence-electron chi connectivity index (χ2n) is 7.36. The number of β-amino-alcohol motifs (C(OH)–C–C–N with tert-alkyl or cyclic N) is 1. The molecular formula is C17H32N2O2. The van der Waals surface area contributed by atoms with Crippen molar-refractivity contribution in [2.24, 2.45) is 17.8 Å². The van der Waals surface area contributed by atoms with Gasteiger partial charge in [0.05, 0.1) is 12.7 Å². The number of fused-ring (bicyclic) bond motifs is 2. The third kappa shape index (κ3) is 4.19. The topological polar surface area (TPSA) is 35.9 Å². The van der Waals surface area contributed by atoms with Crippen LogP contribution in [0.3, 0.4) is 0 Å². The maximum Gasteiger partial charge on any atom is 0.0900 e. The number of piperazine rings is 1. The van der Waals surface area contributed by atoms with Gasteiger partial charge in [0.15, 0.2) is 0 Å². The predicted octanol–water partition coefficient (Wildman–Crippen LogP) is 1.44. The summed E-state index contributed by atoms with van der Waals surface area (Å²) in [6, 6.07) is 0. The molecule has 0 unspecified atom stereocenters. The molecule has 0 aromatic rings. The Hall–Kier alpha value is -0.160. The molecule has 21 heavy (non-hydrogen) atoms. The molecule has 1 aliphatic heterocycles. The summed E-state index contributed by atoms with van der Waals surface area (Å²) in [4.78, 5) is 4.84. The molecule has 4 nitrogen and oxygen atoms in total. The van der Waals surface area contributed by atoms with Crippen LogP contribution in [0.2, 0.25) is 0 Å². The Kier molecular flexibility index (Phi) is 5.54. The number of nitrogens with zero attached hydrogens (tertiary/aromatic N) is 2. The predicted molar refractivity (Wildman–Crippen MR) is 84.3 cm³/mol. The largest absolute Gasteiger partial charge is 0.389 e. The zero-order valence-corrected chi connectivity index (χ0v) is 13.5. The lowest BCUT2D eigenvalue weighted by atomic mass is 9.90. The van der Waals surface area contributed by atoms with Gasteiger partial charge in [0.2, 0.25) is 0 Å². The Morgan fingerprint density at radius 3 is 2.48 bits per heavy atom. The van der Waals surface area contributed by atoms with E-state index in [0.717, 1.165) is 63.6 Å². The molecule has 0 aromatic heterocycles. The van der Waals surface area contributed by atoms with Crippen molar-refractivity contribution in [1.29, 1.82) is 0 Å². The smallest absolute Gasteiger partial charge is 0.0900 e. The lowest BCUT2D eigenvalue weighted by Gasteiger charge is -2.35. The molecule has 4 heteroatoms. The summed E-state index contributed by atoms with van der Waals surface area (Å²) in [6.45, 7) is 9.95. The molecule has 122 valence electrons. The molecule has 1 saturated heterocycles. The van der Waals surface area contributed by atoms with Crippen LogP contribution in [-0.4, -0.2) is 73.5 Å². The van der Waals surface area contributed by atoms with Crippen molar-refractivity contribution in [3.63, 3.8) is 0 Å². The molecule has 3 rings (SSSR count). The van der Waals surface area contributed by atoms with Crippen molar-refractivity contribution in [2.75, 3.05) is 52.5 Å². The van der Waals surface area contributed by atoms with Crippen LogP contribution >= 0.6 is 0 Å². The molecule has 0 radical (unpaired) electrons. The fourth-order valence-electron chi connectivity index (χ4n) is 4.57. The van der Waals surface area contributed by atoms with Crippen molar-refractivity contribution in [3.8, 4) is 0 Å². The van der Waals surface area contributed by atoms with E-state index in [1.165, 1.54) is 25.7 Å². The van der Waals surface area contributed by atoms with E-state index in [-0.39, 0.29) is 6.10 Å². The summed E-state index contributed by atoms with van der Waals surface area (Å²) in [5, 5.41) is 10.2. The number of likely N-dealkylation sites (N-methyl/N-ethyl adjacent to an activating group) is 1. The number of aliphatic hydroxyl groups is 1. The van der Waals surface area contributed by atoms with Crippen molar-refractivity contribution >= 4 is 0 Å². The zero-order valence-electron chi connectivity index (χ0n) is 13.5. The van der Waals surface area contributed by atoms with E-state index in [9.17, 15) is 5.11 Å². The third-order valence-corrected chi connectivity index (χ3v) is 5.91. The first-order chi connectivity index (χ1) is 10.2. The highest BCUT2D eigenvalue weighted by Gasteiger charge is 2.39. The molecule has 1 heterocycles. The second-order valence-corrected chi connectivity index (χ2v) is 7.36. The number of hydrogen-bond donors (Lipinski definition) is 1. The van der Waals surface area contributed by atoms with E-state index in [1.807, 2.05) is 0 Å². The standard InChI is InChI=1S/C17H32N2O2/c1-2-18-5-7-19(8-6-18)11-17(20)13-21-12-16-10-14-3-4-15(16)9-14/h14-17,20H,2-13H2,1H3/t14-,15-,16+,17-/m1/s1. The van der Waals surface area contributed by atoms with E-state index in [0.29, 0.717) is 6.61 Å². The Balaban J connectivity index is 1.27. The molecule has 3 aliphatic rings. The summed E-state index contributed by atoms with van der Waals surface area (Å²) >= 11 is 0. The third-order valence-electron chi connectivity index (χ3n) is 5.91. The normalized spacial score (nSPS) is 35.4. The van der Waals surface area contributed by atoms with Crippen LogP contribution in [0.25, 0.3) is 0 Å². The molecule has 0 amide bonds. The Bertz CT molecular complexity index is 318. The first-order valence-corrected chi connectivity index (χ1v) is 8.95. The van der Waals surface area contributed by atoms with Gasteiger partial charge in [-0.3, -0.25) is 4.90 Å². The number of rotatable bonds is 7. The fraction of sp³-hybridized carbons (Fsp3) is 1.00. The van der Waals surface area contributed by atoms with Crippen LogP contribution in [0.4, 0.5) is 0 Å². The molecule has 4 atom stereocenters. The average Bonchev–Trinajstić information content (AvgIpc) is 3.11. The Morgan fingerprint density at radius 2 is 1.86 bits per heavy atom. The van der Waals surface area contributed by atoms with Crippen molar-refractivity contribution < 1.29 is 9.84 Å². The van der Waals surface area contributed by atoms with Gasteiger partial charge in [-0.15, -0.1) is 0 Å². The van der Waals surface area contributed by atoms with Gasteiger partial charge in [-0.1, -0.05) is 13.3 Å². The molecule has 2 aliphatic carbocycles. The summed E-state index contributed by atoms with van der Waals surface area (Å²) < 4.78 is 5.83. The summed E-state index contributed by atoms with van der Waals surface area (Å²) in [5.74, 6) is 2.70. The van der Waals surface area contributed by atoms with Gasteiger partial charge in [-0.25, -0.2) is 0 Å². The minimum Gasteiger partial charge on any atom is -0.389 e. The van der Waals surface area contributed by atoms with Crippen LogP contribution in [0.1, 0.15) is 32.6 Å². The van der Waals surface area contributed by atoms with E-state index in [2.05, 4.69) is 16.7 Å². The first-order valence-electron chi connectivity index (χ1n) is 8.95. The van der Waals surface area contributed by atoms with Gasteiger partial charge in [-0.05, 0) is 43.6 Å². The molecule has 0 aromatic carbocycles. The maximum atomic E-state index is 10.2. The SMILES string of the molecule is CCN1CCN(C[C@@H](O)COC[C@@H]2C[C@@H]3CC[C@@H]2C3)CC1. The number of hydrogen-bond acceptors (Lipinski definition) is 4. The first kappa shape index (κ1) is 15.7. The maximum absolute atomic E-state index is 10.2. The van der Waals surface area contributed by atoms with Gasteiger partial charge in [-0.2, -0.15) is 0 Å². The van der Waals surface area contributed by atoms with Gasteiger partial charge in [0.1, 0.15) is 0 Å². The molecule has 1 N–H and O–H groups in total. The average molecular weight is 296 g/mol. The second kappa shape index (κ2) is 7.40. The minimum absolute atomic E-state index is 0.322. The lowest BCUT2D eigenvalue weighted by Crippen LogP contribution is -2.48. The van der Waals surface area contributed by atoms with Crippen molar-refractivity contribution in [3.05, 3.63) is 0 Å². The van der Waals surface area contributed by atoms with Crippen LogP contribution in [0, 0.1) is 17.8 Å². The van der Waals surface area contributed by atoms with Crippen LogP contribution < -0.4 is 0 Å². The highest BCUT2D eigenvalue weighted by atomic mass is 16.5. The van der Waals surface area contributed by atoms with Gasteiger partial charge in [0, 0.05) is 39.3 Å². The van der Waals surface area contributed by atoms with Crippen molar-refractivity contribution in [1.82, 2.24) is 9.80 Å². The molecule has 0 spiro atoms. The molecular weight excluding hydrogens is 264 g/mol. The van der Waals surface area contributed by atoms with Gasteiger partial charge in [0.25, 0.3) is 0 Å². The Morgan fingerprint density at radius 1 is 1.10 bits per heavy atom. The quantitative estimate of drug-likeness (QED) is 0.771. The monoisotopic (exact) mass is 296 g/mol. The van der Waals surface area contributed by atoms with Crippen LogP contribution in [0.15, 0.2) is 0 Å². The summed E-state index contributed by atoms with van der Waals surface area (Å²) in [7, 11) is 0. The summed E-state index contributed by atoms with van der Waals surface area (Å²) in [5.41, 5.74) is 0. The Labute approximate surface area is 129 Å². The number of aliphatic hydroxyl groups excluding tert-OH is 1. The molecule has 3 fully saturated rings. The van der Waals surface area contributed by atoms with Crippen LogP contribution in [0.5, 0.6) is 0 Å². The lowest BCUT2D eigenvalue weighted by molar-refractivity contribution is -0.00831. The highest BCUT2D eigenvalue weighted by molar-refractivity contribution is 4.89. The van der Waals surface area contributed by atoms with Gasteiger partial charge >= 0.3 is 0 Å². The van der Waals surface area contributed by atoms with Crippen LogP contribution in [-0.2, 0) is 4.74 Å². The fourth-order valence-corrected chi connectivity index (χ4v) is 4.57. The van der Waals surface area contributed by atoms with E-state index >= 15 is 0 Å². The zero-order chi connectivity index (χ0) is 14.7. The molecule has 2 bridgehead atoms. The van der Waals surface area contributed by atoms with Gasteiger partial charge < -0.3 is 14.7 Å². The van der Waals surface area contributed by atoms with E-state index in [1.54, 1.807) is 0 Å². The minimum atomic E-state index is -0.322. The van der Waals surface area contributed by atoms with Crippen molar-refractivity contribution in [2.45, 2.75) is 38.7 Å². The highest BCUT2D eigenvalue weighted by Crippen LogP contribution is 2.48.